The third-order valence-corrected chi connectivity index (χ3v) is 4.50. The molecule has 142 valence electrons. The van der Waals surface area contributed by atoms with Crippen molar-refractivity contribution in [3.05, 3.63) is 96.6 Å². The fourth-order valence-electron chi connectivity index (χ4n) is 2.78. The van der Waals surface area contributed by atoms with Crippen LogP contribution in [0.4, 0.5) is 0 Å². The molecule has 3 heteroatoms. The number of carbonyl (C=O) groups is 1. The molecule has 3 rings (SSSR count). The molecule has 3 aromatic carbocycles. The Morgan fingerprint density at radius 2 is 1.43 bits per heavy atom. The molecule has 0 amide bonds. The number of carbonyl (C=O) groups excluding carboxylic acids is 1. The Bertz CT molecular complexity index is 910. The van der Waals surface area contributed by atoms with Crippen molar-refractivity contribution >= 4 is 5.97 Å². The highest BCUT2D eigenvalue weighted by Gasteiger charge is 2.17. The van der Waals surface area contributed by atoms with E-state index in [1.807, 2.05) is 105 Å². The summed E-state index contributed by atoms with van der Waals surface area (Å²) in [5.74, 6) is 0.808. The summed E-state index contributed by atoms with van der Waals surface area (Å²) in [6.07, 6.45) is 3.93. The Kier molecular flexibility index (Phi) is 6.64. The molecule has 0 spiro atoms. The van der Waals surface area contributed by atoms with Crippen LogP contribution in [-0.2, 0) is 4.79 Å². The van der Waals surface area contributed by atoms with Crippen molar-refractivity contribution in [2.75, 3.05) is 6.61 Å². The summed E-state index contributed by atoms with van der Waals surface area (Å²) in [4.78, 5) is 12.4. The van der Waals surface area contributed by atoms with Gasteiger partial charge in [0, 0.05) is 0 Å². The zero-order valence-corrected chi connectivity index (χ0v) is 16.2. The number of esters is 1. The summed E-state index contributed by atoms with van der Waals surface area (Å²) in [6, 6.07) is 25.1. The lowest BCUT2D eigenvalue weighted by molar-refractivity contribution is -0.135. The van der Waals surface area contributed by atoms with Crippen LogP contribution in [0.1, 0.15) is 25.3 Å². The molecule has 0 saturated heterocycles. The van der Waals surface area contributed by atoms with Gasteiger partial charge in [0.15, 0.2) is 0 Å². The molecule has 1 atom stereocenters. The van der Waals surface area contributed by atoms with E-state index in [4.69, 9.17) is 9.47 Å². The molecule has 0 unspecified atom stereocenters. The third kappa shape index (κ3) is 5.10. The SMILES string of the molecule is C/C=C/COc1ccc(-c2ccc(OC(=O)[C@@H](C)c3ccccc3)cc2)cc1. The minimum atomic E-state index is -0.309. The highest BCUT2D eigenvalue weighted by atomic mass is 16.5. The molecule has 0 heterocycles. The zero-order chi connectivity index (χ0) is 19.8. The van der Waals surface area contributed by atoms with Gasteiger partial charge >= 0.3 is 5.97 Å². The molecular formula is C25H24O3. The van der Waals surface area contributed by atoms with E-state index in [1.54, 1.807) is 0 Å². The van der Waals surface area contributed by atoms with E-state index in [0.717, 1.165) is 22.4 Å². The second kappa shape index (κ2) is 9.56. The van der Waals surface area contributed by atoms with Crippen LogP contribution in [0.2, 0.25) is 0 Å². The van der Waals surface area contributed by atoms with Crippen LogP contribution in [-0.4, -0.2) is 12.6 Å². The van der Waals surface area contributed by atoms with Gasteiger partial charge in [-0.3, -0.25) is 4.79 Å². The van der Waals surface area contributed by atoms with E-state index in [1.165, 1.54) is 0 Å². The third-order valence-electron chi connectivity index (χ3n) is 4.50. The summed E-state index contributed by atoms with van der Waals surface area (Å²) >= 11 is 0. The summed E-state index contributed by atoms with van der Waals surface area (Å²) in [5.41, 5.74) is 3.07. The molecule has 3 nitrogen and oxygen atoms in total. The van der Waals surface area contributed by atoms with Gasteiger partial charge in [-0.15, -0.1) is 0 Å². The lowest BCUT2D eigenvalue weighted by atomic mass is 10.0. The standard InChI is InChI=1S/C25H24O3/c1-3-4-18-27-23-14-10-21(11-15-23)22-12-16-24(17-13-22)28-25(26)19(2)20-8-6-5-7-9-20/h3-17,19H,18H2,1-2H3/b4-3+/t19-/m0/s1. The molecule has 0 aliphatic rings. The summed E-state index contributed by atoms with van der Waals surface area (Å²) in [5, 5.41) is 0. The molecule has 0 saturated carbocycles. The highest BCUT2D eigenvalue weighted by Crippen LogP contribution is 2.26. The van der Waals surface area contributed by atoms with Crippen molar-refractivity contribution < 1.29 is 14.3 Å². The first kappa shape index (κ1) is 19.4. The van der Waals surface area contributed by atoms with Gasteiger partial charge in [-0.05, 0) is 54.8 Å². The first-order valence-electron chi connectivity index (χ1n) is 9.38. The van der Waals surface area contributed by atoms with Gasteiger partial charge < -0.3 is 9.47 Å². The van der Waals surface area contributed by atoms with Crippen LogP contribution >= 0.6 is 0 Å². The van der Waals surface area contributed by atoms with E-state index in [0.29, 0.717) is 12.4 Å². The minimum absolute atomic E-state index is 0.262. The van der Waals surface area contributed by atoms with Gasteiger partial charge in [-0.2, -0.15) is 0 Å². The Morgan fingerprint density at radius 1 is 0.857 bits per heavy atom. The number of hydrogen-bond acceptors (Lipinski definition) is 3. The van der Waals surface area contributed by atoms with Crippen LogP contribution in [0.25, 0.3) is 11.1 Å². The van der Waals surface area contributed by atoms with Crippen molar-refractivity contribution in [2.45, 2.75) is 19.8 Å². The second-order valence-corrected chi connectivity index (χ2v) is 6.48. The molecule has 0 radical (unpaired) electrons. The van der Waals surface area contributed by atoms with Crippen LogP contribution in [0.15, 0.2) is 91.0 Å². The molecular weight excluding hydrogens is 348 g/mol. The molecule has 0 aromatic heterocycles. The van der Waals surface area contributed by atoms with Gasteiger partial charge in [0.2, 0.25) is 0 Å². The minimum Gasteiger partial charge on any atom is -0.490 e. The van der Waals surface area contributed by atoms with Crippen molar-refractivity contribution in [2.24, 2.45) is 0 Å². The van der Waals surface area contributed by atoms with Crippen molar-refractivity contribution in [3.63, 3.8) is 0 Å². The Morgan fingerprint density at radius 3 is 2.00 bits per heavy atom. The Labute approximate surface area is 166 Å². The van der Waals surface area contributed by atoms with E-state index in [-0.39, 0.29) is 11.9 Å². The molecule has 0 aliphatic heterocycles. The maximum Gasteiger partial charge on any atom is 0.318 e. The van der Waals surface area contributed by atoms with E-state index in [9.17, 15) is 4.79 Å². The lowest BCUT2D eigenvalue weighted by Crippen LogP contribution is -2.16. The number of benzene rings is 3. The Hall–Kier alpha value is -3.33. The molecule has 0 bridgehead atoms. The second-order valence-electron chi connectivity index (χ2n) is 6.48. The fraction of sp³-hybridized carbons (Fsp3) is 0.160. The smallest absolute Gasteiger partial charge is 0.318 e. The number of hydrogen-bond donors (Lipinski definition) is 0. The van der Waals surface area contributed by atoms with Gasteiger partial charge in [-0.1, -0.05) is 66.7 Å². The maximum atomic E-state index is 12.4. The number of allylic oxidation sites excluding steroid dienone is 1. The summed E-state index contributed by atoms with van der Waals surface area (Å²) in [7, 11) is 0. The monoisotopic (exact) mass is 372 g/mol. The maximum absolute atomic E-state index is 12.4. The predicted octanol–water partition coefficient (Wildman–Crippen LogP) is 6.02. The van der Waals surface area contributed by atoms with Crippen LogP contribution < -0.4 is 9.47 Å². The average molecular weight is 372 g/mol. The van der Waals surface area contributed by atoms with E-state index in [2.05, 4.69) is 0 Å². The van der Waals surface area contributed by atoms with Crippen molar-refractivity contribution in [1.29, 1.82) is 0 Å². The van der Waals surface area contributed by atoms with Crippen molar-refractivity contribution in [1.82, 2.24) is 0 Å². The van der Waals surface area contributed by atoms with E-state index < -0.39 is 0 Å². The highest BCUT2D eigenvalue weighted by molar-refractivity contribution is 5.80. The zero-order valence-electron chi connectivity index (χ0n) is 16.2. The molecule has 28 heavy (non-hydrogen) atoms. The topological polar surface area (TPSA) is 35.5 Å². The molecule has 0 aliphatic carbocycles. The largest absolute Gasteiger partial charge is 0.490 e. The van der Waals surface area contributed by atoms with Crippen LogP contribution in [0.3, 0.4) is 0 Å². The van der Waals surface area contributed by atoms with Crippen LogP contribution in [0, 0.1) is 0 Å². The summed E-state index contributed by atoms with van der Waals surface area (Å²) < 4.78 is 11.1. The van der Waals surface area contributed by atoms with Crippen LogP contribution in [0.5, 0.6) is 11.5 Å². The van der Waals surface area contributed by atoms with Gasteiger partial charge in [0.25, 0.3) is 0 Å². The molecule has 0 fully saturated rings. The summed E-state index contributed by atoms with van der Waals surface area (Å²) in [6.45, 7) is 4.39. The van der Waals surface area contributed by atoms with Gasteiger partial charge in [-0.25, -0.2) is 0 Å². The fourth-order valence-corrected chi connectivity index (χ4v) is 2.78. The van der Waals surface area contributed by atoms with E-state index >= 15 is 0 Å². The average Bonchev–Trinajstić information content (AvgIpc) is 2.75. The van der Waals surface area contributed by atoms with Gasteiger partial charge in [0.1, 0.15) is 18.1 Å². The number of ether oxygens (including phenoxy) is 2. The van der Waals surface area contributed by atoms with Crippen molar-refractivity contribution in [3.8, 4) is 22.6 Å². The van der Waals surface area contributed by atoms with Gasteiger partial charge in [0.05, 0.1) is 5.92 Å². The normalized spacial score (nSPS) is 11.9. The lowest BCUT2D eigenvalue weighted by Gasteiger charge is -2.12. The first-order valence-corrected chi connectivity index (χ1v) is 9.38. The first-order chi connectivity index (χ1) is 13.7. The quantitative estimate of drug-likeness (QED) is 0.289. The number of rotatable bonds is 7. The molecule has 0 N–H and O–H groups in total. The predicted molar refractivity (Wildman–Crippen MR) is 113 cm³/mol. The Balaban J connectivity index is 1.62. The molecule has 3 aromatic rings.